The largest absolute Gasteiger partial charge is 0.507 e. The summed E-state index contributed by atoms with van der Waals surface area (Å²) in [5.74, 6) is -6.74. The topological polar surface area (TPSA) is 291 Å². The van der Waals surface area contributed by atoms with Gasteiger partial charge in [0.2, 0.25) is 0 Å². The van der Waals surface area contributed by atoms with Gasteiger partial charge < -0.3 is 56.2 Å². The third-order valence-electron chi connectivity index (χ3n) is 15.7. The number of carbonyl (C=O) groups excluding carboxylic acids is 4. The van der Waals surface area contributed by atoms with Gasteiger partial charge in [0.1, 0.15) is 28.7 Å². The van der Waals surface area contributed by atoms with Crippen molar-refractivity contribution >= 4 is 66.2 Å². The molecule has 15 heteroatoms. The van der Waals surface area contributed by atoms with Gasteiger partial charge in [-0.3, -0.25) is 19.2 Å². The lowest BCUT2D eigenvalue weighted by atomic mass is 9.85. The molecule has 0 aromatic heterocycles. The summed E-state index contributed by atoms with van der Waals surface area (Å²) in [5.41, 5.74) is 3.42. The van der Waals surface area contributed by atoms with Crippen LogP contribution in [-0.4, -0.2) is 79.3 Å². The van der Waals surface area contributed by atoms with Gasteiger partial charge in [0.15, 0.2) is 57.6 Å². The Kier molecular flexibility index (Phi) is 18.2. The van der Waals surface area contributed by atoms with Gasteiger partial charge >= 0.3 is 0 Å². The Morgan fingerprint density at radius 1 is 0.346 bits per heavy atom. The second kappa shape index (κ2) is 23.9. The molecule has 8 aromatic rings. The van der Waals surface area contributed by atoms with E-state index in [4.69, 9.17) is 0 Å². The highest BCUT2D eigenvalue weighted by Gasteiger charge is 2.31. The van der Waals surface area contributed by atoms with Gasteiger partial charge in [0.25, 0.3) is 0 Å². The Balaban J connectivity index is 0.000000258. The maximum atomic E-state index is 13.1. The minimum Gasteiger partial charge on any atom is -0.507 e. The number of benzene rings is 8. The normalized spacial score (nSPS) is 12.1. The van der Waals surface area contributed by atoms with Crippen LogP contribution in [0.4, 0.5) is 0 Å². The van der Waals surface area contributed by atoms with Gasteiger partial charge in [0.05, 0.1) is 22.3 Å². The highest BCUT2D eigenvalue weighted by Crippen LogP contribution is 2.53. The molecule has 0 spiro atoms. The van der Waals surface area contributed by atoms with Crippen LogP contribution in [0.3, 0.4) is 0 Å². The Morgan fingerprint density at radius 2 is 0.593 bits per heavy atom. The lowest BCUT2D eigenvalue weighted by molar-refractivity contribution is 0.0918. The second-order valence-corrected chi connectivity index (χ2v) is 21.2. The maximum absolute atomic E-state index is 13.1. The fourth-order valence-corrected chi connectivity index (χ4v) is 10.8. The molecular weight excluding hydrogens is 1030 g/mol. The molecule has 15 nitrogen and oxygen atoms in total. The van der Waals surface area contributed by atoms with Crippen molar-refractivity contribution in [2.45, 2.75) is 135 Å². The van der Waals surface area contributed by atoms with Crippen molar-refractivity contribution in [2.24, 2.45) is 11.8 Å². The van der Waals surface area contributed by atoms with Crippen molar-refractivity contribution in [1.82, 2.24) is 0 Å². The fraction of sp³-hybridized carbons (Fsp3) is 0.333. The Bertz CT molecular complexity index is 3650. The van der Waals surface area contributed by atoms with Crippen LogP contribution >= 0.6 is 0 Å². The molecule has 428 valence electrons. The predicted octanol–water partition coefficient (Wildman–Crippen LogP) is 15.5. The summed E-state index contributed by atoms with van der Waals surface area (Å²) >= 11 is 0. The molecule has 0 saturated carbocycles. The first-order valence-corrected chi connectivity index (χ1v) is 27.0. The lowest BCUT2D eigenvalue weighted by Gasteiger charge is -2.21. The molecule has 0 heterocycles. The summed E-state index contributed by atoms with van der Waals surface area (Å²) < 4.78 is 0. The minimum absolute atomic E-state index is 0. The van der Waals surface area contributed by atoms with Crippen LogP contribution in [0.2, 0.25) is 0 Å². The average molecular weight is 1110 g/mol. The van der Waals surface area contributed by atoms with Gasteiger partial charge in [-0.15, -0.1) is 0 Å². The van der Waals surface area contributed by atoms with Crippen LogP contribution < -0.4 is 0 Å². The van der Waals surface area contributed by atoms with E-state index in [9.17, 15) is 75.3 Å². The van der Waals surface area contributed by atoms with Crippen LogP contribution in [0.5, 0.6) is 63.2 Å². The number of hydrogen-bond donors (Lipinski definition) is 11. The van der Waals surface area contributed by atoms with Gasteiger partial charge in [-0.2, -0.15) is 0 Å². The van der Waals surface area contributed by atoms with Gasteiger partial charge in [-0.05, 0) is 137 Å². The standard InChI is InChI=1S/C33H36O7.C32H34O8.CH4/c1-6-8-10-23(34)28-19-12-16(3)26(31(38)21(19)14-18(5)30(28)37)27-17(4)13-20-22(32(27)39)15-25(36)33(40)29(20)24(35)11-9-7-2;1-7-13(3)27(35)25-17-9-15(5)23(29(37)19(17)11-21(33)31(25)39)24-16(6)10-18-20(30(24)38)12-22(34)32(40)26(18)28(36)14(4)8-2;/h12-15,36-40H,6-11H2,1-5H3;9-14,33-34,37-40H,7-8H2,1-6H3;1H4. The average Bonchev–Trinajstić information content (AvgIpc) is 3.50. The molecular formula is C66H74O15. The molecule has 8 aromatic carbocycles. The zero-order valence-corrected chi connectivity index (χ0v) is 47.0. The van der Waals surface area contributed by atoms with Crippen molar-refractivity contribution in [3.05, 3.63) is 98.6 Å². The molecule has 8 rings (SSSR count). The molecule has 11 N–H and O–H groups in total. The van der Waals surface area contributed by atoms with Crippen molar-refractivity contribution in [1.29, 1.82) is 0 Å². The first kappa shape index (κ1) is 61.5. The van der Waals surface area contributed by atoms with Gasteiger partial charge in [-0.1, -0.05) is 61.8 Å². The highest BCUT2D eigenvalue weighted by atomic mass is 16.3. The van der Waals surface area contributed by atoms with E-state index >= 15 is 0 Å². The SMILES string of the molecule is C.CCC(C)C(=O)c1c(O)c(O)cc2c(O)c(-c3c(C)cc4c(C(=O)C(C)CC)c(O)c(O)cc4c3O)c(C)cc12.CCCCC(=O)c1c(O)c(C)cc2c(O)c(-c3c(C)cc4c(C(=O)CCCC)c(O)c(O)cc4c3O)c(C)cc12. The lowest BCUT2D eigenvalue weighted by Crippen LogP contribution is -2.11. The van der Waals surface area contributed by atoms with Crippen LogP contribution in [0.1, 0.15) is 170 Å². The molecule has 0 aliphatic rings. The number of aryl methyl sites for hydroxylation is 5. The maximum Gasteiger partial charge on any atom is 0.170 e. The van der Waals surface area contributed by atoms with Crippen LogP contribution in [0.15, 0.2) is 48.5 Å². The van der Waals surface area contributed by atoms with E-state index in [1.807, 2.05) is 27.7 Å². The zero-order valence-electron chi connectivity index (χ0n) is 47.0. The van der Waals surface area contributed by atoms with Crippen LogP contribution in [0, 0.1) is 46.5 Å². The molecule has 0 aliphatic carbocycles. The molecule has 0 radical (unpaired) electrons. The van der Waals surface area contributed by atoms with Crippen molar-refractivity contribution in [3.63, 3.8) is 0 Å². The summed E-state index contributed by atoms with van der Waals surface area (Å²) in [7, 11) is 0. The quantitative estimate of drug-likeness (QED) is 0.0317. The van der Waals surface area contributed by atoms with E-state index in [0.717, 1.165) is 25.0 Å². The van der Waals surface area contributed by atoms with E-state index in [1.54, 1.807) is 78.8 Å². The summed E-state index contributed by atoms with van der Waals surface area (Å²) in [5, 5.41) is 122. The third-order valence-corrected chi connectivity index (χ3v) is 15.7. The molecule has 2 atom stereocenters. The molecule has 0 aliphatic heterocycles. The molecule has 2 unspecified atom stereocenters. The number of phenolic OH excluding ortho intramolecular Hbond substituents is 11. The van der Waals surface area contributed by atoms with E-state index in [1.165, 1.54) is 6.07 Å². The molecule has 0 bridgehead atoms. The van der Waals surface area contributed by atoms with Crippen LogP contribution in [0.25, 0.3) is 65.3 Å². The third kappa shape index (κ3) is 10.6. The van der Waals surface area contributed by atoms with E-state index in [2.05, 4.69) is 0 Å². The van der Waals surface area contributed by atoms with Gasteiger partial charge in [0, 0.05) is 90.0 Å². The predicted molar refractivity (Wildman–Crippen MR) is 318 cm³/mol. The Hall–Kier alpha value is -8.72. The smallest absolute Gasteiger partial charge is 0.170 e. The summed E-state index contributed by atoms with van der Waals surface area (Å²) in [6.45, 7) is 19.5. The number of ketones is 4. The van der Waals surface area contributed by atoms with Gasteiger partial charge in [-0.25, -0.2) is 0 Å². The van der Waals surface area contributed by atoms with Crippen molar-refractivity contribution < 1.29 is 75.3 Å². The highest BCUT2D eigenvalue weighted by molar-refractivity contribution is 6.19. The van der Waals surface area contributed by atoms with E-state index < -0.39 is 46.3 Å². The minimum atomic E-state index is -0.572. The molecule has 81 heavy (non-hydrogen) atoms. The monoisotopic (exact) mass is 1110 g/mol. The Labute approximate surface area is 470 Å². The molecule has 0 saturated heterocycles. The number of Topliss-reactive ketones (excluding diaryl/α,β-unsaturated/α-hetero) is 4. The summed E-state index contributed by atoms with van der Waals surface area (Å²) in [6.07, 6.45) is 4.35. The molecule has 0 fully saturated rings. The number of fused-ring (bicyclic) bond motifs is 4. The Morgan fingerprint density at radius 3 is 0.877 bits per heavy atom. The van der Waals surface area contributed by atoms with Crippen molar-refractivity contribution in [2.75, 3.05) is 0 Å². The number of phenols is 11. The number of aromatic hydroxyl groups is 11. The summed E-state index contributed by atoms with van der Waals surface area (Å²) in [4.78, 5) is 52.4. The fourth-order valence-electron chi connectivity index (χ4n) is 10.8. The zero-order chi connectivity index (χ0) is 59.3. The number of unbranched alkanes of at least 4 members (excludes halogenated alkanes) is 2. The number of hydrogen-bond acceptors (Lipinski definition) is 15. The van der Waals surface area contributed by atoms with Crippen molar-refractivity contribution in [3.8, 4) is 85.5 Å². The van der Waals surface area contributed by atoms with E-state index in [0.29, 0.717) is 80.8 Å². The second-order valence-electron chi connectivity index (χ2n) is 21.2. The molecule has 0 amide bonds. The number of carbonyl (C=O) groups is 4. The number of rotatable bonds is 16. The first-order valence-electron chi connectivity index (χ1n) is 27.0. The summed E-state index contributed by atoms with van der Waals surface area (Å²) in [6, 6.07) is 11.7. The van der Waals surface area contributed by atoms with E-state index in [-0.39, 0.29) is 132 Å². The van der Waals surface area contributed by atoms with Crippen LogP contribution in [-0.2, 0) is 0 Å². The first-order chi connectivity index (χ1) is 37.7.